The number of rotatable bonds is 1. The molecule has 0 fully saturated rings. The van der Waals surface area contributed by atoms with Gasteiger partial charge in [-0.2, -0.15) is 0 Å². The van der Waals surface area contributed by atoms with Crippen LogP contribution in [0.2, 0.25) is 0 Å². The average molecular weight is 121 g/mol. The van der Waals surface area contributed by atoms with Gasteiger partial charge in [-0.05, 0) is 18.3 Å². The summed E-state index contributed by atoms with van der Waals surface area (Å²) in [7, 11) is 0. The van der Waals surface area contributed by atoms with Gasteiger partial charge in [-0.15, -0.1) is 0 Å². The fourth-order valence-electron chi connectivity index (χ4n) is 0.957. The van der Waals surface area contributed by atoms with Gasteiger partial charge in [0.25, 0.3) is 0 Å². The van der Waals surface area contributed by atoms with E-state index < -0.39 is 0 Å². The van der Waals surface area contributed by atoms with Crippen molar-refractivity contribution in [2.45, 2.75) is 19.8 Å². The quantitative estimate of drug-likeness (QED) is 0.500. The predicted molar refractivity (Wildman–Crippen MR) is 41.0 cm³/mol. The number of hydrogen-bond donors (Lipinski definition) is 0. The zero-order valence-electron chi connectivity index (χ0n) is 5.93. The maximum absolute atomic E-state index is 3.90. The van der Waals surface area contributed by atoms with Gasteiger partial charge in [0.1, 0.15) is 0 Å². The molecular formula is C9H13. The van der Waals surface area contributed by atoms with E-state index in [-0.39, 0.29) is 0 Å². The Morgan fingerprint density at radius 3 is 2.67 bits per heavy atom. The maximum atomic E-state index is 3.90. The summed E-state index contributed by atoms with van der Waals surface area (Å²) in [5.41, 5.74) is 0.342. The molecule has 0 spiro atoms. The van der Waals surface area contributed by atoms with Gasteiger partial charge in [-0.1, -0.05) is 38.2 Å². The Morgan fingerprint density at radius 2 is 2.33 bits per heavy atom. The molecule has 0 N–H and O–H groups in total. The summed E-state index contributed by atoms with van der Waals surface area (Å²) in [4.78, 5) is 0. The van der Waals surface area contributed by atoms with E-state index in [1.807, 2.05) is 0 Å². The Balaban J connectivity index is 2.63. The molecule has 0 aromatic carbocycles. The molecule has 1 aliphatic rings. The summed E-state index contributed by atoms with van der Waals surface area (Å²) >= 11 is 0. The summed E-state index contributed by atoms with van der Waals surface area (Å²) in [5.74, 6) is 0. The third-order valence-corrected chi connectivity index (χ3v) is 1.90. The second kappa shape index (κ2) is 2.38. The van der Waals surface area contributed by atoms with Crippen LogP contribution < -0.4 is 0 Å². The first-order valence-corrected chi connectivity index (χ1v) is 3.40. The summed E-state index contributed by atoms with van der Waals surface area (Å²) in [6.07, 6.45) is 10.8. The highest BCUT2D eigenvalue weighted by Gasteiger charge is 2.16. The Bertz CT molecular complexity index is 142. The van der Waals surface area contributed by atoms with E-state index in [0.29, 0.717) is 5.41 Å². The van der Waals surface area contributed by atoms with Crippen molar-refractivity contribution in [3.05, 3.63) is 31.2 Å². The fourth-order valence-corrected chi connectivity index (χ4v) is 0.957. The van der Waals surface area contributed by atoms with Gasteiger partial charge >= 0.3 is 0 Å². The third kappa shape index (κ3) is 1.44. The lowest BCUT2D eigenvalue weighted by Crippen LogP contribution is -2.11. The van der Waals surface area contributed by atoms with E-state index in [1.165, 1.54) is 0 Å². The molecule has 0 nitrogen and oxygen atoms in total. The molecule has 0 saturated carbocycles. The lowest BCUT2D eigenvalue weighted by atomic mass is 9.82. The zero-order valence-corrected chi connectivity index (χ0v) is 5.93. The molecule has 1 atom stereocenters. The highest BCUT2D eigenvalue weighted by molar-refractivity contribution is 5.15. The molecular weight excluding hydrogens is 108 g/mol. The Morgan fingerprint density at radius 1 is 1.56 bits per heavy atom. The van der Waals surface area contributed by atoms with Gasteiger partial charge in [0.15, 0.2) is 0 Å². The maximum Gasteiger partial charge on any atom is -0.0109 e. The topological polar surface area (TPSA) is 0 Å². The van der Waals surface area contributed by atoms with Crippen molar-refractivity contribution in [3.63, 3.8) is 0 Å². The van der Waals surface area contributed by atoms with Gasteiger partial charge in [-0.25, -0.2) is 0 Å². The van der Waals surface area contributed by atoms with Crippen LogP contribution in [0.4, 0.5) is 0 Å². The van der Waals surface area contributed by atoms with E-state index in [9.17, 15) is 0 Å². The molecule has 0 saturated heterocycles. The number of allylic oxidation sites excluding steroid dienone is 4. The first-order chi connectivity index (χ1) is 4.27. The van der Waals surface area contributed by atoms with Crippen molar-refractivity contribution in [3.8, 4) is 0 Å². The summed E-state index contributed by atoms with van der Waals surface area (Å²) in [5, 5.41) is 0. The molecule has 1 rings (SSSR count). The lowest BCUT2D eigenvalue weighted by molar-refractivity contribution is 0.435. The Labute approximate surface area is 57.3 Å². The van der Waals surface area contributed by atoms with Crippen molar-refractivity contribution >= 4 is 0 Å². The monoisotopic (exact) mass is 121 g/mol. The molecule has 0 aliphatic heterocycles. The second-order valence-corrected chi connectivity index (χ2v) is 2.90. The standard InChI is InChI=1S/C9H13/c1-3-9(2)7-5-4-6-8-9/h4-7H,1,3,8H2,2H3. The Hall–Kier alpha value is -0.520. The highest BCUT2D eigenvalue weighted by Crippen LogP contribution is 2.29. The molecule has 0 heteroatoms. The summed E-state index contributed by atoms with van der Waals surface area (Å²) in [6, 6.07) is 0. The first-order valence-electron chi connectivity index (χ1n) is 3.40. The largest absolute Gasteiger partial charge is 0.0837 e. The summed E-state index contributed by atoms with van der Waals surface area (Å²) < 4.78 is 0. The van der Waals surface area contributed by atoms with E-state index in [0.717, 1.165) is 12.8 Å². The first kappa shape index (κ1) is 6.60. The van der Waals surface area contributed by atoms with Crippen molar-refractivity contribution in [1.29, 1.82) is 0 Å². The van der Waals surface area contributed by atoms with Crippen molar-refractivity contribution in [2.75, 3.05) is 0 Å². The predicted octanol–water partition coefficient (Wildman–Crippen LogP) is 2.73. The van der Waals surface area contributed by atoms with Crippen molar-refractivity contribution in [2.24, 2.45) is 5.41 Å². The SMILES string of the molecule is [CH2]CC1(C)C=CC=CC1. The van der Waals surface area contributed by atoms with E-state index >= 15 is 0 Å². The van der Waals surface area contributed by atoms with E-state index in [1.54, 1.807) is 0 Å². The van der Waals surface area contributed by atoms with E-state index in [2.05, 4.69) is 38.2 Å². The minimum Gasteiger partial charge on any atom is -0.0837 e. The van der Waals surface area contributed by atoms with Crippen LogP contribution in [0.5, 0.6) is 0 Å². The highest BCUT2D eigenvalue weighted by atomic mass is 14.2. The van der Waals surface area contributed by atoms with Crippen LogP contribution in [0.15, 0.2) is 24.3 Å². The smallest absolute Gasteiger partial charge is 0.0109 e. The fraction of sp³-hybridized carbons (Fsp3) is 0.444. The molecule has 1 radical (unpaired) electrons. The van der Waals surface area contributed by atoms with E-state index in [4.69, 9.17) is 0 Å². The van der Waals surface area contributed by atoms with Crippen LogP contribution in [-0.2, 0) is 0 Å². The molecule has 0 amide bonds. The molecule has 9 heavy (non-hydrogen) atoms. The van der Waals surface area contributed by atoms with Crippen LogP contribution in [0.3, 0.4) is 0 Å². The van der Waals surface area contributed by atoms with Crippen molar-refractivity contribution in [1.82, 2.24) is 0 Å². The van der Waals surface area contributed by atoms with Gasteiger partial charge in [0, 0.05) is 0 Å². The molecule has 0 aromatic heterocycles. The molecule has 1 unspecified atom stereocenters. The molecule has 1 aliphatic carbocycles. The number of hydrogen-bond acceptors (Lipinski definition) is 0. The summed E-state index contributed by atoms with van der Waals surface area (Å²) in [6.45, 7) is 6.13. The van der Waals surface area contributed by atoms with Gasteiger partial charge in [0.05, 0.1) is 0 Å². The van der Waals surface area contributed by atoms with Crippen LogP contribution in [0.25, 0.3) is 0 Å². The average Bonchev–Trinajstić information content (AvgIpc) is 1.90. The van der Waals surface area contributed by atoms with Gasteiger partial charge in [0.2, 0.25) is 0 Å². The second-order valence-electron chi connectivity index (χ2n) is 2.90. The normalized spacial score (nSPS) is 33.1. The van der Waals surface area contributed by atoms with Crippen LogP contribution in [0, 0.1) is 12.3 Å². The molecule has 49 valence electrons. The van der Waals surface area contributed by atoms with Gasteiger partial charge < -0.3 is 0 Å². The molecule has 0 aromatic rings. The Kier molecular flexibility index (Phi) is 1.75. The van der Waals surface area contributed by atoms with Crippen molar-refractivity contribution < 1.29 is 0 Å². The van der Waals surface area contributed by atoms with Crippen LogP contribution in [0.1, 0.15) is 19.8 Å². The minimum absolute atomic E-state index is 0.342. The molecule has 0 heterocycles. The zero-order chi connectivity index (χ0) is 6.74. The lowest BCUT2D eigenvalue weighted by Gasteiger charge is -2.23. The minimum atomic E-state index is 0.342. The third-order valence-electron chi connectivity index (χ3n) is 1.90. The van der Waals surface area contributed by atoms with Gasteiger partial charge in [-0.3, -0.25) is 0 Å². The molecule has 0 bridgehead atoms. The van der Waals surface area contributed by atoms with Crippen LogP contribution in [-0.4, -0.2) is 0 Å². The van der Waals surface area contributed by atoms with Crippen LogP contribution >= 0.6 is 0 Å².